The van der Waals surface area contributed by atoms with Crippen molar-refractivity contribution in [3.8, 4) is 0 Å². The summed E-state index contributed by atoms with van der Waals surface area (Å²) >= 11 is 0. The third-order valence-corrected chi connectivity index (χ3v) is 4.36. The van der Waals surface area contributed by atoms with Crippen molar-refractivity contribution in [1.29, 1.82) is 0 Å². The molecule has 2 amide bonds. The number of nitrogens with two attached hydrogens (primary N) is 1. The molecule has 1 aromatic heterocycles. The lowest BCUT2D eigenvalue weighted by atomic mass is 9.89. The molecule has 0 aromatic carbocycles. The Morgan fingerprint density at radius 3 is 2.33 bits per heavy atom. The van der Waals surface area contributed by atoms with E-state index in [1.807, 2.05) is 20.8 Å². The summed E-state index contributed by atoms with van der Waals surface area (Å²) in [5.41, 5.74) is 5.61. The first kappa shape index (κ1) is 18.4. The highest BCUT2D eigenvalue weighted by Crippen LogP contribution is 2.20. The number of primary amides is 1. The number of β-amino-alcohol motifs (C(OH)–C–C–N with tert-alkyl or cyclic N) is 1. The molecule has 1 fully saturated rings. The summed E-state index contributed by atoms with van der Waals surface area (Å²) in [6.07, 6.45) is 0.925. The maximum atomic E-state index is 12.4. The lowest BCUT2D eigenvalue weighted by Crippen LogP contribution is -2.51. The second-order valence-corrected chi connectivity index (χ2v) is 7.27. The van der Waals surface area contributed by atoms with E-state index < -0.39 is 12.0 Å². The highest BCUT2D eigenvalue weighted by Gasteiger charge is 2.28. The largest absolute Gasteiger partial charge is 0.391 e. The van der Waals surface area contributed by atoms with Gasteiger partial charge < -0.3 is 15.7 Å². The highest BCUT2D eigenvalue weighted by molar-refractivity contribution is 5.95. The standard InChI is InChI=1S/C17H26N4O3/c1-17(2,3)14(22)11-20-6-8-21(9-7-20)16(24)13-5-4-12(10-19-13)15(18)23/h4-5,10,14,22H,6-9,11H2,1-3H3,(H2,18,23)/t14-/m1/s1. The van der Waals surface area contributed by atoms with E-state index in [2.05, 4.69) is 9.88 Å². The molecule has 3 N–H and O–H groups in total. The van der Waals surface area contributed by atoms with E-state index in [4.69, 9.17) is 5.73 Å². The number of aromatic nitrogens is 1. The Bertz CT molecular complexity index is 587. The average molecular weight is 334 g/mol. The van der Waals surface area contributed by atoms with Crippen molar-refractivity contribution < 1.29 is 14.7 Å². The van der Waals surface area contributed by atoms with Gasteiger partial charge in [-0.3, -0.25) is 19.5 Å². The molecule has 0 aliphatic carbocycles. The Labute approximate surface area is 142 Å². The lowest BCUT2D eigenvalue weighted by Gasteiger charge is -2.37. The molecular formula is C17H26N4O3. The molecule has 7 nitrogen and oxygen atoms in total. The van der Waals surface area contributed by atoms with Crippen LogP contribution in [0, 0.1) is 5.41 Å². The van der Waals surface area contributed by atoms with E-state index in [0.717, 1.165) is 13.1 Å². The van der Waals surface area contributed by atoms with Crippen molar-refractivity contribution in [3.05, 3.63) is 29.6 Å². The normalized spacial score (nSPS) is 17.6. The van der Waals surface area contributed by atoms with Gasteiger partial charge in [0.2, 0.25) is 5.91 Å². The monoisotopic (exact) mass is 334 g/mol. The van der Waals surface area contributed by atoms with Gasteiger partial charge in [0.15, 0.2) is 0 Å². The maximum absolute atomic E-state index is 12.4. The van der Waals surface area contributed by atoms with Crippen molar-refractivity contribution in [2.24, 2.45) is 11.1 Å². The van der Waals surface area contributed by atoms with Gasteiger partial charge in [0.1, 0.15) is 5.69 Å². The molecule has 24 heavy (non-hydrogen) atoms. The first-order chi connectivity index (χ1) is 11.2. The Kier molecular flexibility index (Phi) is 5.56. The van der Waals surface area contributed by atoms with Gasteiger partial charge >= 0.3 is 0 Å². The molecule has 0 unspecified atom stereocenters. The molecule has 1 aliphatic heterocycles. The number of carbonyl (C=O) groups excluding carboxylic acids is 2. The molecule has 0 spiro atoms. The topological polar surface area (TPSA) is 99.8 Å². The molecular weight excluding hydrogens is 308 g/mol. The minimum atomic E-state index is -0.562. The van der Waals surface area contributed by atoms with E-state index in [1.54, 1.807) is 4.90 Å². The fourth-order valence-corrected chi connectivity index (χ4v) is 2.48. The number of amides is 2. The van der Waals surface area contributed by atoms with Crippen LogP contribution < -0.4 is 5.73 Å². The molecule has 132 valence electrons. The van der Waals surface area contributed by atoms with Crippen LogP contribution in [0.3, 0.4) is 0 Å². The summed E-state index contributed by atoms with van der Waals surface area (Å²) in [5.74, 6) is -0.713. The van der Waals surface area contributed by atoms with E-state index >= 15 is 0 Å². The number of aliphatic hydroxyl groups excluding tert-OH is 1. The molecule has 1 atom stereocenters. The summed E-state index contributed by atoms with van der Waals surface area (Å²) in [5, 5.41) is 10.2. The molecule has 2 heterocycles. The Hall–Kier alpha value is -1.99. The van der Waals surface area contributed by atoms with Crippen molar-refractivity contribution >= 4 is 11.8 Å². The van der Waals surface area contributed by atoms with Gasteiger partial charge in [-0.1, -0.05) is 20.8 Å². The second kappa shape index (κ2) is 7.27. The molecule has 0 bridgehead atoms. The van der Waals surface area contributed by atoms with Gasteiger partial charge in [0.05, 0.1) is 11.7 Å². The zero-order valence-corrected chi connectivity index (χ0v) is 14.5. The van der Waals surface area contributed by atoms with Gasteiger partial charge in [-0.2, -0.15) is 0 Å². The number of hydrogen-bond acceptors (Lipinski definition) is 5. The SMILES string of the molecule is CC(C)(C)[C@H](O)CN1CCN(C(=O)c2ccc(C(N)=O)cn2)CC1. The fraction of sp³-hybridized carbons (Fsp3) is 0.588. The predicted octanol–water partition coefficient (Wildman–Crippen LogP) is 0.345. The van der Waals surface area contributed by atoms with Crippen LogP contribution in [0.25, 0.3) is 0 Å². The van der Waals surface area contributed by atoms with Crippen LogP contribution in [0.2, 0.25) is 0 Å². The molecule has 0 saturated carbocycles. The lowest BCUT2D eigenvalue weighted by molar-refractivity contribution is 0.0136. The third kappa shape index (κ3) is 4.52. The zero-order chi connectivity index (χ0) is 17.9. The number of pyridine rings is 1. The third-order valence-electron chi connectivity index (χ3n) is 4.36. The van der Waals surface area contributed by atoms with Crippen molar-refractivity contribution in [2.45, 2.75) is 26.9 Å². The van der Waals surface area contributed by atoms with Gasteiger partial charge in [-0.25, -0.2) is 0 Å². The zero-order valence-electron chi connectivity index (χ0n) is 14.5. The quantitative estimate of drug-likeness (QED) is 0.827. The summed E-state index contributed by atoms with van der Waals surface area (Å²) in [6.45, 7) is 9.27. The number of carbonyl (C=O) groups is 2. The molecule has 0 radical (unpaired) electrons. The summed E-state index contributed by atoms with van der Waals surface area (Å²) < 4.78 is 0. The number of piperazine rings is 1. The maximum Gasteiger partial charge on any atom is 0.272 e. The van der Waals surface area contributed by atoms with Crippen molar-refractivity contribution in [2.75, 3.05) is 32.7 Å². The van der Waals surface area contributed by atoms with Crippen LogP contribution in [-0.4, -0.2) is 70.5 Å². The van der Waals surface area contributed by atoms with Gasteiger partial charge in [0, 0.05) is 38.9 Å². The number of rotatable bonds is 4. The van der Waals surface area contributed by atoms with Crippen LogP contribution in [0.1, 0.15) is 41.6 Å². The summed E-state index contributed by atoms with van der Waals surface area (Å²) in [4.78, 5) is 31.4. The number of nitrogens with zero attached hydrogens (tertiary/aromatic N) is 3. The van der Waals surface area contributed by atoms with Gasteiger partial charge in [-0.15, -0.1) is 0 Å². The second-order valence-electron chi connectivity index (χ2n) is 7.27. The predicted molar refractivity (Wildman–Crippen MR) is 90.6 cm³/mol. The average Bonchev–Trinajstić information content (AvgIpc) is 2.54. The molecule has 2 rings (SSSR count). The van der Waals surface area contributed by atoms with E-state index in [-0.39, 0.29) is 16.9 Å². The van der Waals surface area contributed by atoms with E-state index in [9.17, 15) is 14.7 Å². The molecule has 7 heteroatoms. The van der Waals surface area contributed by atoms with Crippen LogP contribution >= 0.6 is 0 Å². The summed E-state index contributed by atoms with van der Waals surface area (Å²) in [6, 6.07) is 3.04. The Morgan fingerprint density at radius 1 is 1.25 bits per heavy atom. The number of hydrogen-bond donors (Lipinski definition) is 2. The minimum absolute atomic E-state index is 0.151. The first-order valence-electron chi connectivity index (χ1n) is 8.14. The van der Waals surface area contributed by atoms with Crippen LogP contribution in [-0.2, 0) is 0 Å². The number of aliphatic hydroxyl groups is 1. The van der Waals surface area contributed by atoms with Crippen LogP contribution in [0.5, 0.6) is 0 Å². The summed E-state index contributed by atoms with van der Waals surface area (Å²) in [7, 11) is 0. The first-order valence-corrected chi connectivity index (χ1v) is 8.14. The van der Waals surface area contributed by atoms with Gasteiger partial charge in [-0.05, 0) is 17.5 Å². The molecule has 1 saturated heterocycles. The Balaban J connectivity index is 1.89. The van der Waals surface area contributed by atoms with Crippen molar-refractivity contribution in [1.82, 2.24) is 14.8 Å². The van der Waals surface area contributed by atoms with Crippen molar-refractivity contribution in [3.63, 3.8) is 0 Å². The molecule has 1 aliphatic rings. The van der Waals surface area contributed by atoms with Crippen LogP contribution in [0.15, 0.2) is 18.3 Å². The minimum Gasteiger partial charge on any atom is -0.391 e. The van der Waals surface area contributed by atoms with E-state index in [1.165, 1.54) is 18.3 Å². The molecule has 1 aromatic rings. The van der Waals surface area contributed by atoms with Gasteiger partial charge in [0.25, 0.3) is 5.91 Å². The van der Waals surface area contributed by atoms with Crippen LogP contribution in [0.4, 0.5) is 0 Å². The van der Waals surface area contributed by atoms with E-state index in [0.29, 0.717) is 25.3 Å². The fourth-order valence-electron chi connectivity index (χ4n) is 2.48. The Morgan fingerprint density at radius 2 is 1.88 bits per heavy atom. The smallest absolute Gasteiger partial charge is 0.272 e. The highest BCUT2D eigenvalue weighted by atomic mass is 16.3.